The minimum absolute atomic E-state index is 0.0882. The van der Waals surface area contributed by atoms with Crippen molar-refractivity contribution < 1.29 is 23.8 Å². The lowest BCUT2D eigenvalue weighted by atomic mass is 10.2. The Morgan fingerprint density at radius 1 is 1.45 bits per heavy atom. The maximum atomic E-state index is 11.6. The van der Waals surface area contributed by atoms with Gasteiger partial charge in [-0.2, -0.15) is 0 Å². The van der Waals surface area contributed by atoms with Crippen LogP contribution in [-0.4, -0.2) is 36.4 Å². The number of aryl methyl sites for hydroxylation is 1. The summed E-state index contributed by atoms with van der Waals surface area (Å²) in [5.41, 5.74) is 0.113. The van der Waals surface area contributed by atoms with Crippen molar-refractivity contribution in [2.24, 2.45) is 0 Å². The Morgan fingerprint density at radius 2 is 2.25 bits per heavy atom. The van der Waals surface area contributed by atoms with Crippen molar-refractivity contribution in [2.45, 2.75) is 32.4 Å². The van der Waals surface area contributed by atoms with E-state index in [-0.39, 0.29) is 24.2 Å². The lowest BCUT2D eigenvalue weighted by Gasteiger charge is -2.11. The van der Waals surface area contributed by atoms with E-state index in [1.54, 1.807) is 6.92 Å². The van der Waals surface area contributed by atoms with Crippen molar-refractivity contribution in [1.82, 2.24) is 10.6 Å². The number of rotatable bonds is 5. The Morgan fingerprint density at radius 3 is 2.85 bits per heavy atom. The molecule has 2 heterocycles. The van der Waals surface area contributed by atoms with E-state index in [4.69, 9.17) is 14.3 Å². The molecule has 1 aliphatic heterocycles. The predicted octanol–water partition coefficient (Wildman–Crippen LogP) is 1.26. The lowest BCUT2D eigenvalue weighted by molar-refractivity contribution is 0.0695. The second-order valence-corrected chi connectivity index (χ2v) is 4.69. The monoisotopic (exact) mass is 282 g/mol. The second kappa shape index (κ2) is 6.42. The normalized spacial score (nSPS) is 17.9. The maximum absolute atomic E-state index is 11.6. The van der Waals surface area contributed by atoms with Crippen LogP contribution in [0, 0.1) is 6.92 Å². The van der Waals surface area contributed by atoms with Gasteiger partial charge in [0.05, 0.1) is 12.6 Å². The van der Waals surface area contributed by atoms with E-state index < -0.39 is 5.97 Å². The summed E-state index contributed by atoms with van der Waals surface area (Å²) in [5, 5.41) is 14.2. The van der Waals surface area contributed by atoms with Gasteiger partial charge < -0.3 is 24.9 Å². The quantitative estimate of drug-likeness (QED) is 0.755. The number of carbonyl (C=O) groups excluding carboxylic acids is 1. The number of ether oxygens (including phenoxy) is 1. The van der Waals surface area contributed by atoms with E-state index in [0.29, 0.717) is 18.1 Å². The molecule has 20 heavy (non-hydrogen) atoms. The van der Waals surface area contributed by atoms with Gasteiger partial charge in [0.1, 0.15) is 17.1 Å². The molecule has 0 spiro atoms. The molecule has 1 aliphatic rings. The molecule has 0 saturated carbocycles. The zero-order valence-corrected chi connectivity index (χ0v) is 11.3. The van der Waals surface area contributed by atoms with Crippen molar-refractivity contribution in [3.8, 4) is 0 Å². The van der Waals surface area contributed by atoms with Crippen LogP contribution < -0.4 is 10.6 Å². The zero-order valence-electron chi connectivity index (χ0n) is 11.3. The van der Waals surface area contributed by atoms with Crippen LogP contribution in [0.5, 0.6) is 0 Å². The first kappa shape index (κ1) is 14.4. The standard InChI is InChI=1S/C13H18N2O5/c1-8-11(12(16)17)5-10(20-8)7-15-13(18)14-6-9-3-2-4-19-9/h5,9H,2-4,6-7H2,1H3,(H,16,17)(H2,14,15,18). The van der Waals surface area contributed by atoms with Gasteiger partial charge in [-0.25, -0.2) is 9.59 Å². The van der Waals surface area contributed by atoms with Crippen LogP contribution in [-0.2, 0) is 11.3 Å². The van der Waals surface area contributed by atoms with Gasteiger partial charge in [0.2, 0.25) is 0 Å². The van der Waals surface area contributed by atoms with E-state index in [1.165, 1.54) is 6.07 Å². The Bertz CT molecular complexity index is 491. The molecular weight excluding hydrogens is 264 g/mol. The van der Waals surface area contributed by atoms with Crippen LogP contribution in [0.1, 0.15) is 34.7 Å². The van der Waals surface area contributed by atoms with Crippen LogP contribution in [0.15, 0.2) is 10.5 Å². The molecule has 1 aromatic rings. The molecule has 1 aromatic heterocycles. The average Bonchev–Trinajstić information content (AvgIpc) is 3.03. The summed E-state index contributed by atoms with van der Waals surface area (Å²) in [5.74, 6) is -0.304. The Kier molecular flexibility index (Phi) is 4.62. The molecule has 0 bridgehead atoms. The van der Waals surface area contributed by atoms with E-state index in [9.17, 15) is 9.59 Å². The second-order valence-electron chi connectivity index (χ2n) is 4.69. The summed E-state index contributed by atoms with van der Waals surface area (Å²) in [7, 11) is 0. The number of nitrogens with one attached hydrogen (secondary N) is 2. The molecule has 7 nitrogen and oxygen atoms in total. The number of amides is 2. The van der Waals surface area contributed by atoms with E-state index in [1.807, 2.05) is 0 Å². The molecule has 1 unspecified atom stereocenters. The summed E-state index contributed by atoms with van der Waals surface area (Å²) in [6, 6.07) is 1.09. The topological polar surface area (TPSA) is 101 Å². The number of urea groups is 1. The molecule has 2 rings (SSSR count). The highest BCUT2D eigenvalue weighted by atomic mass is 16.5. The van der Waals surface area contributed by atoms with Crippen molar-refractivity contribution in [1.29, 1.82) is 0 Å². The molecule has 1 atom stereocenters. The van der Waals surface area contributed by atoms with Gasteiger partial charge in [-0.3, -0.25) is 0 Å². The van der Waals surface area contributed by atoms with Gasteiger partial charge in [0, 0.05) is 13.2 Å². The Hall–Kier alpha value is -2.02. The summed E-state index contributed by atoms with van der Waals surface area (Å²) < 4.78 is 10.6. The molecule has 1 fully saturated rings. The fourth-order valence-corrected chi connectivity index (χ4v) is 2.08. The number of carboxylic acids is 1. The van der Waals surface area contributed by atoms with E-state index >= 15 is 0 Å². The highest BCUT2D eigenvalue weighted by Crippen LogP contribution is 2.14. The Labute approximate surface area is 116 Å². The predicted molar refractivity (Wildman–Crippen MR) is 69.6 cm³/mol. The molecule has 0 aromatic carbocycles. The number of carboxylic acid groups (broad SMARTS) is 1. The summed E-state index contributed by atoms with van der Waals surface area (Å²) in [6.07, 6.45) is 2.07. The molecule has 110 valence electrons. The van der Waals surface area contributed by atoms with Gasteiger partial charge in [0.15, 0.2) is 0 Å². The molecule has 0 radical (unpaired) electrons. The van der Waals surface area contributed by atoms with Crippen molar-refractivity contribution >= 4 is 12.0 Å². The molecule has 0 aliphatic carbocycles. The van der Waals surface area contributed by atoms with Gasteiger partial charge in [-0.1, -0.05) is 0 Å². The highest BCUT2D eigenvalue weighted by molar-refractivity contribution is 5.88. The summed E-state index contributed by atoms with van der Waals surface area (Å²) in [4.78, 5) is 22.4. The van der Waals surface area contributed by atoms with E-state index in [2.05, 4.69) is 10.6 Å². The van der Waals surface area contributed by atoms with Crippen molar-refractivity contribution in [2.75, 3.05) is 13.2 Å². The fraction of sp³-hybridized carbons (Fsp3) is 0.538. The first-order valence-electron chi connectivity index (χ1n) is 6.52. The first-order chi connectivity index (χ1) is 9.56. The number of furan rings is 1. The molecule has 2 amide bonds. The minimum atomic E-state index is -1.04. The summed E-state index contributed by atoms with van der Waals surface area (Å²) >= 11 is 0. The van der Waals surface area contributed by atoms with Gasteiger partial charge in [-0.15, -0.1) is 0 Å². The maximum Gasteiger partial charge on any atom is 0.339 e. The molecular formula is C13H18N2O5. The third kappa shape index (κ3) is 3.74. The highest BCUT2D eigenvalue weighted by Gasteiger charge is 2.17. The number of carbonyl (C=O) groups is 2. The Balaban J connectivity index is 1.75. The van der Waals surface area contributed by atoms with Crippen LogP contribution >= 0.6 is 0 Å². The van der Waals surface area contributed by atoms with E-state index in [0.717, 1.165) is 19.4 Å². The number of hydrogen-bond acceptors (Lipinski definition) is 4. The largest absolute Gasteiger partial charge is 0.478 e. The molecule has 7 heteroatoms. The lowest BCUT2D eigenvalue weighted by Crippen LogP contribution is -2.39. The number of hydrogen-bond donors (Lipinski definition) is 3. The number of aromatic carboxylic acids is 1. The zero-order chi connectivity index (χ0) is 14.5. The SMILES string of the molecule is Cc1oc(CNC(=O)NCC2CCCO2)cc1C(=O)O. The van der Waals surface area contributed by atoms with Crippen LogP contribution in [0.2, 0.25) is 0 Å². The molecule has 3 N–H and O–H groups in total. The van der Waals surface area contributed by atoms with Gasteiger partial charge in [0.25, 0.3) is 0 Å². The average molecular weight is 282 g/mol. The fourth-order valence-electron chi connectivity index (χ4n) is 2.08. The van der Waals surface area contributed by atoms with Gasteiger partial charge >= 0.3 is 12.0 Å². The van der Waals surface area contributed by atoms with Crippen molar-refractivity contribution in [3.63, 3.8) is 0 Å². The minimum Gasteiger partial charge on any atom is -0.478 e. The van der Waals surface area contributed by atoms with Gasteiger partial charge in [-0.05, 0) is 25.8 Å². The van der Waals surface area contributed by atoms with Crippen molar-refractivity contribution in [3.05, 3.63) is 23.2 Å². The van der Waals surface area contributed by atoms with Crippen LogP contribution in [0.25, 0.3) is 0 Å². The third-order valence-corrected chi connectivity index (χ3v) is 3.14. The molecule has 1 saturated heterocycles. The van der Waals surface area contributed by atoms with Crippen LogP contribution in [0.4, 0.5) is 4.79 Å². The first-order valence-corrected chi connectivity index (χ1v) is 6.52. The summed E-state index contributed by atoms with van der Waals surface area (Å²) in [6.45, 7) is 2.94. The third-order valence-electron chi connectivity index (χ3n) is 3.14. The smallest absolute Gasteiger partial charge is 0.339 e. The van der Waals surface area contributed by atoms with Crippen LogP contribution in [0.3, 0.4) is 0 Å².